The maximum Gasteiger partial charge on any atom is 0.334 e. The number of methoxy groups -OCH3 is 1. The summed E-state index contributed by atoms with van der Waals surface area (Å²) >= 11 is 0. The summed E-state index contributed by atoms with van der Waals surface area (Å²) in [7, 11) is 1.79. The Morgan fingerprint density at radius 3 is 2.79 bits per heavy atom. The topological polar surface area (TPSA) is 35.5 Å². The Kier molecular flexibility index (Phi) is 3.52. The van der Waals surface area contributed by atoms with Crippen molar-refractivity contribution in [3.63, 3.8) is 0 Å². The van der Waals surface area contributed by atoms with Crippen molar-refractivity contribution in [2.75, 3.05) is 13.7 Å². The highest BCUT2D eigenvalue weighted by molar-refractivity contribution is 5.92. The van der Waals surface area contributed by atoms with E-state index < -0.39 is 0 Å². The molecule has 0 radical (unpaired) electrons. The standard InChI is InChI=1S/C21H26O3/c1-12(2)13-5-7-17-15(19(13)23-4)6-8-18-16-11-24-20(22)14(16)9-10-21(17,18)3/h5,7,12,18H,6,8-11H2,1-4H3/t18-,21+/m1/s1. The molecule has 24 heavy (non-hydrogen) atoms. The van der Waals surface area contributed by atoms with Crippen LogP contribution in [0.15, 0.2) is 23.3 Å². The molecule has 3 aliphatic rings. The molecule has 0 N–H and O–H groups in total. The largest absolute Gasteiger partial charge is 0.496 e. The predicted molar refractivity (Wildman–Crippen MR) is 93.5 cm³/mol. The molecule has 128 valence electrons. The van der Waals surface area contributed by atoms with E-state index in [0.29, 0.717) is 18.4 Å². The van der Waals surface area contributed by atoms with Crippen LogP contribution in [0.2, 0.25) is 0 Å². The van der Waals surface area contributed by atoms with Gasteiger partial charge in [-0.25, -0.2) is 4.79 Å². The van der Waals surface area contributed by atoms with E-state index in [1.807, 2.05) is 0 Å². The molecule has 2 aliphatic carbocycles. The zero-order valence-electron chi connectivity index (χ0n) is 15.1. The molecule has 0 amide bonds. The van der Waals surface area contributed by atoms with Crippen LogP contribution in [0.1, 0.15) is 62.6 Å². The summed E-state index contributed by atoms with van der Waals surface area (Å²) in [6.07, 6.45) is 3.96. The van der Waals surface area contributed by atoms with Gasteiger partial charge in [0, 0.05) is 5.57 Å². The lowest BCUT2D eigenvalue weighted by Gasteiger charge is -2.47. The Balaban J connectivity index is 1.85. The van der Waals surface area contributed by atoms with E-state index >= 15 is 0 Å². The second kappa shape index (κ2) is 5.37. The van der Waals surface area contributed by atoms with Gasteiger partial charge in [0.2, 0.25) is 0 Å². The molecule has 3 nitrogen and oxygen atoms in total. The first-order chi connectivity index (χ1) is 11.5. The van der Waals surface area contributed by atoms with Crippen LogP contribution >= 0.6 is 0 Å². The van der Waals surface area contributed by atoms with Gasteiger partial charge in [-0.05, 0) is 65.2 Å². The van der Waals surface area contributed by atoms with Gasteiger partial charge in [0.15, 0.2) is 0 Å². The van der Waals surface area contributed by atoms with Crippen LogP contribution in [0.4, 0.5) is 0 Å². The zero-order chi connectivity index (χ0) is 17.1. The molecule has 0 fully saturated rings. The molecule has 3 heteroatoms. The Morgan fingerprint density at radius 2 is 2.08 bits per heavy atom. The van der Waals surface area contributed by atoms with Gasteiger partial charge in [0.25, 0.3) is 0 Å². The number of cyclic esters (lactones) is 1. The second-order valence-electron chi connectivity index (χ2n) is 7.96. The molecule has 1 aliphatic heterocycles. The normalized spacial score (nSPS) is 28.4. The zero-order valence-corrected chi connectivity index (χ0v) is 15.1. The molecular weight excluding hydrogens is 300 g/mol. The van der Waals surface area contributed by atoms with E-state index in [0.717, 1.165) is 37.0 Å². The van der Waals surface area contributed by atoms with E-state index in [1.165, 1.54) is 22.3 Å². The third kappa shape index (κ3) is 2.00. The molecule has 1 aromatic carbocycles. The van der Waals surface area contributed by atoms with Crippen LogP contribution in [-0.4, -0.2) is 19.7 Å². The van der Waals surface area contributed by atoms with Gasteiger partial charge in [0.05, 0.1) is 7.11 Å². The first kappa shape index (κ1) is 15.7. The number of benzene rings is 1. The Hall–Kier alpha value is -1.77. The summed E-state index contributed by atoms with van der Waals surface area (Å²) in [5, 5.41) is 0. The van der Waals surface area contributed by atoms with E-state index in [1.54, 1.807) is 7.11 Å². The minimum absolute atomic E-state index is 0.0782. The lowest BCUT2D eigenvalue weighted by molar-refractivity contribution is -0.136. The Bertz CT molecular complexity index is 744. The van der Waals surface area contributed by atoms with E-state index in [2.05, 4.69) is 32.9 Å². The fourth-order valence-electron chi connectivity index (χ4n) is 5.19. The number of hydrogen-bond donors (Lipinski definition) is 0. The van der Waals surface area contributed by atoms with Crippen molar-refractivity contribution in [2.24, 2.45) is 5.92 Å². The number of esters is 1. The Morgan fingerprint density at radius 1 is 1.29 bits per heavy atom. The summed E-state index contributed by atoms with van der Waals surface area (Å²) in [4.78, 5) is 12.0. The highest BCUT2D eigenvalue weighted by Crippen LogP contribution is 2.55. The third-order valence-electron chi connectivity index (χ3n) is 6.49. The highest BCUT2D eigenvalue weighted by atomic mass is 16.5. The minimum Gasteiger partial charge on any atom is -0.496 e. The molecule has 0 spiro atoms. The maximum absolute atomic E-state index is 12.0. The monoisotopic (exact) mass is 326 g/mol. The molecule has 4 rings (SSSR count). The molecule has 0 saturated heterocycles. The first-order valence-electron chi connectivity index (χ1n) is 9.06. The molecule has 0 unspecified atom stereocenters. The fraction of sp³-hybridized carbons (Fsp3) is 0.571. The number of rotatable bonds is 2. The molecule has 0 bridgehead atoms. The van der Waals surface area contributed by atoms with Crippen molar-refractivity contribution in [3.05, 3.63) is 40.0 Å². The predicted octanol–water partition coefficient (Wildman–Crippen LogP) is 4.29. The first-order valence-corrected chi connectivity index (χ1v) is 9.06. The number of ether oxygens (including phenoxy) is 2. The van der Waals surface area contributed by atoms with Gasteiger partial charge in [0.1, 0.15) is 12.4 Å². The van der Waals surface area contributed by atoms with Crippen molar-refractivity contribution in [3.8, 4) is 5.75 Å². The quantitative estimate of drug-likeness (QED) is 0.761. The van der Waals surface area contributed by atoms with Crippen LogP contribution in [0, 0.1) is 5.92 Å². The van der Waals surface area contributed by atoms with Crippen molar-refractivity contribution in [1.29, 1.82) is 0 Å². The SMILES string of the molecule is COc1c(C(C)C)ccc2c1CC[C@@H]1C3=C(CC[C@@]21C)C(=O)OC3. The molecule has 0 saturated carbocycles. The van der Waals surface area contributed by atoms with Crippen LogP contribution in [0.3, 0.4) is 0 Å². The summed E-state index contributed by atoms with van der Waals surface area (Å²) in [5.41, 5.74) is 6.43. The molecule has 1 aromatic rings. The average molecular weight is 326 g/mol. The third-order valence-corrected chi connectivity index (χ3v) is 6.49. The average Bonchev–Trinajstić information content (AvgIpc) is 2.94. The second-order valence-corrected chi connectivity index (χ2v) is 7.96. The number of fused-ring (bicyclic) bond motifs is 4. The van der Waals surface area contributed by atoms with Crippen molar-refractivity contribution < 1.29 is 14.3 Å². The molecule has 1 heterocycles. The van der Waals surface area contributed by atoms with Crippen molar-refractivity contribution in [2.45, 2.75) is 57.8 Å². The lowest BCUT2D eigenvalue weighted by Crippen LogP contribution is -2.41. The van der Waals surface area contributed by atoms with Gasteiger partial charge in [-0.2, -0.15) is 0 Å². The van der Waals surface area contributed by atoms with Gasteiger partial charge in [-0.15, -0.1) is 0 Å². The van der Waals surface area contributed by atoms with Gasteiger partial charge < -0.3 is 9.47 Å². The van der Waals surface area contributed by atoms with Crippen LogP contribution < -0.4 is 4.74 Å². The number of carbonyl (C=O) groups is 1. The van der Waals surface area contributed by atoms with Gasteiger partial charge in [-0.3, -0.25) is 0 Å². The summed E-state index contributed by atoms with van der Waals surface area (Å²) in [6, 6.07) is 4.57. The van der Waals surface area contributed by atoms with E-state index in [9.17, 15) is 4.79 Å². The summed E-state index contributed by atoms with van der Waals surface area (Å²) in [6.45, 7) is 7.31. The van der Waals surface area contributed by atoms with E-state index in [-0.39, 0.29) is 11.4 Å². The number of hydrogen-bond acceptors (Lipinski definition) is 3. The Labute approximate surface area is 144 Å². The van der Waals surface area contributed by atoms with Crippen LogP contribution in [0.25, 0.3) is 0 Å². The minimum atomic E-state index is -0.0782. The summed E-state index contributed by atoms with van der Waals surface area (Å²) in [5.74, 6) is 1.89. The van der Waals surface area contributed by atoms with Gasteiger partial charge >= 0.3 is 5.97 Å². The molecule has 0 aromatic heterocycles. The molecular formula is C21H26O3. The van der Waals surface area contributed by atoms with Crippen molar-refractivity contribution >= 4 is 5.97 Å². The van der Waals surface area contributed by atoms with Crippen LogP contribution in [-0.2, 0) is 21.4 Å². The highest BCUT2D eigenvalue weighted by Gasteiger charge is 2.49. The number of carbonyl (C=O) groups excluding carboxylic acids is 1. The van der Waals surface area contributed by atoms with E-state index in [4.69, 9.17) is 9.47 Å². The van der Waals surface area contributed by atoms with Gasteiger partial charge in [-0.1, -0.05) is 32.9 Å². The summed E-state index contributed by atoms with van der Waals surface area (Å²) < 4.78 is 11.2. The van der Waals surface area contributed by atoms with Crippen LogP contribution in [0.5, 0.6) is 5.75 Å². The molecule has 2 atom stereocenters. The lowest BCUT2D eigenvalue weighted by atomic mass is 9.56. The van der Waals surface area contributed by atoms with Crippen molar-refractivity contribution in [1.82, 2.24) is 0 Å². The maximum atomic E-state index is 12.0. The smallest absolute Gasteiger partial charge is 0.334 e. The fourth-order valence-corrected chi connectivity index (χ4v) is 5.19.